The Kier molecular flexibility index (Phi) is 5.28. The zero-order valence-electron chi connectivity index (χ0n) is 12.8. The summed E-state index contributed by atoms with van der Waals surface area (Å²) in [4.78, 5) is 24.2. The van der Waals surface area contributed by atoms with Gasteiger partial charge in [-0.2, -0.15) is 13.2 Å². The lowest BCUT2D eigenvalue weighted by molar-refractivity contribution is -0.187. The van der Waals surface area contributed by atoms with Crippen molar-refractivity contribution in [2.75, 3.05) is 18.4 Å². The fraction of sp³-hybridized carbons (Fsp3) is 0.500. The van der Waals surface area contributed by atoms with Crippen LogP contribution in [0, 0.1) is 5.92 Å². The summed E-state index contributed by atoms with van der Waals surface area (Å²) in [5.41, 5.74) is 1.73. The molecule has 0 aromatic heterocycles. The standard InChI is InChI=1S/C16H19F3N2O2/c1-2-11-5-7-13(8-6-11)20-14(22)12-4-3-9-21(10-12)15(23)16(17,18)19/h5-8,12H,2-4,9-10H2,1H3,(H,20,22). The van der Waals surface area contributed by atoms with E-state index in [1.807, 2.05) is 19.1 Å². The van der Waals surface area contributed by atoms with Crippen LogP contribution >= 0.6 is 0 Å². The SMILES string of the molecule is CCc1ccc(NC(=O)C2CCCN(C(=O)C(F)(F)F)C2)cc1. The highest BCUT2D eigenvalue weighted by atomic mass is 19.4. The zero-order chi connectivity index (χ0) is 17.0. The van der Waals surface area contributed by atoms with Gasteiger partial charge in [-0.1, -0.05) is 19.1 Å². The summed E-state index contributed by atoms with van der Waals surface area (Å²) in [6.07, 6.45) is -3.16. The number of anilines is 1. The van der Waals surface area contributed by atoms with Gasteiger partial charge in [-0.15, -0.1) is 0 Å². The number of hydrogen-bond acceptors (Lipinski definition) is 2. The molecule has 0 radical (unpaired) electrons. The second-order valence-electron chi connectivity index (χ2n) is 5.63. The van der Waals surface area contributed by atoms with Gasteiger partial charge in [0.1, 0.15) is 0 Å². The topological polar surface area (TPSA) is 49.4 Å². The van der Waals surface area contributed by atoms with Gasteiger partial charge in [-0.05, 0) is 37.0 Å². The molecular weight excluding hydrogens is 309 g/mol. The first-order valence-corrected chi connectivity index (χ1v) is 7.57. The molecule has 1 N–H and O–H groups in total. The third-order valence-electron chi connectivity index (χ3n) is 3.95. The number of hydrogen-bond donors (Lipinski definition) is 1. The van der Waals surface area contributed by atoms with Crippen molar-refractivity contribution in [3.8, 4) is 0 Å². The summed E-state index contributed by atoms with van der Waals surface area (Å²) < 4.78 is 37.5. The van der Waals surface area contributed by atoms with E-state index in [4.69, 9.17) is 0 Å². The largest absolute Gasteiger partial charge is 0.471 e. The maximum absolute atomic E-state index is 12.5. The molecule has 1 aliphatic rings. The van der Waals surface area contributed by atoms with Gasteiger partial charge in [-0.3, -0.25) is 9.59 Å². The lowest BCUT2D eigenvalue weighted by Gasteiger charge is -2.32. The molecule has 0 saturated carbocycles. The number of benzene rings is 1. The number of alkyl halides is 3. The van der Waals surface area contributed by atoms with Gasteiger partial charge >= 0.3 is 12.1 Å². The molecule has 1 unspecified atom stereocenters. The van der Waals surface area contributed by atoms with E-state index < -0.39 is 18.0 Å². The fourth-order valence-corrected chi connectivity index (χ4v) is 2.62. The maximum atomic E-state index is 12.5. The van der Waals surface area contributed by atoms with E-state index in [2.05, 4.69) is 5.32 Å². The Labute approximate surface area is 132 Å². The first-order chi connectivity index (χ1) is 10.8. The average Bonchev–Trinajstić information content (AvgIpc) is 2.54. The number of carbonyl (C=O) groups is 2. The highest BCUT2D eigenvalue weighted by Crippen LogP contribution is 2.24. The van der Waals surface area contributed by atoms with Crippen LogP contribution in [0.1, 0.15) is 25.3 Å². The lowest BCUT2D eigenvalue weighted by atomic mass is 9.97. The predicted octanol–water partition coefficient (Wildman–Crippen LogP) is 2.99. The molecule has 23 heavy (non-hydrogen) atoms. The number of carbonyl (C=O) groups excluding carboxylic acids is 2. The molecule has 1 atom stereocenters. The van der Waals surface area contributed by atoms with E-state index in [-0.39, 0.29) is 19.0 Å². The smallest absolute Gasteiger partial charge is 0.334 e. The van der Waals surface area contributed by atoms with Crippen molar-refractivity contribution >= 4 is 17.5 Å². The third kappa shape index (κ3) is 4.46. The fourth-order valence-electron chi connectivity index (χ4n) is 2.62. The summed E-state index contributed by atoms with van der Waals surface area (Å²) in [7, 11) is 0. The van der Waals surface area contributed by atoms with Gasteiger partial charge in [-0.25, -0.2) is 0 Å². The van der Waals surface area contributed by atoms with Crippen LogP contribution in [0.2, 0.25) is 0 Å². The van der Waals surface area contributed by atoms with Crippen LogP contribution in [-0.4, -0.2) is 36.0 Å². The number of piperidine rings is 1. The van der Waals surface area contributed by atoms with Crippen molar-refractivity contribution in [2.24, 2.45) is 5.92 Å². The van der Waals surface area contributed by atoms with Crippen LogP contribution < -0.4 is 5.32 Å². The normalized spacial score (nSPS) is 18.6. The summed E-state index contributed by atoms with van der Waals surface area (Å²) in [5, 5.41) is 2.70. The van der Waals surface area contributed by atoms with Gasteiger partial charge in [0.2, 0.25) is 5.91 Å². The number of nitrogens with one attached hydrogen (secondary N) is 1. The molecule has 1 fully saturated rings. The molecule has 1 aromatic rings. The van der Waals surface area contributed by atoms with Crippen molar-refractivity contribution in [3.63, 3.8) is 0 Å². The Bertz CT molecular complexity index is 570. The minimum Gasteiger partial charge on any atom is -0.334 e. The Morgan fingerprint density at radius 1 is 1.26 bits per heavy atom. The molecule has 1 aliphatic heterocycles. The molecule has 1 aromatic carbocycles. The first kappa shape index (κ1) is 17.3. The molecule has 1 heterocycles. The molecule has 2 rings (SSSR count). The van der Waals surface area contributed by atoms with E-state index in [1.165, 1.54) is 0 Å². The van der Waals surface area contributed by atoms with Crippen molar-refractivity contribution in [3.05, 3.63) is 29.8 Å². The van der Waals surface area contributed by atoms with Crippen LogP contribution in [0.4, 0.5) is 18.9 Å². The number of nitrogens with zero attached hydrogens (tertiary/aromatic N) is 1. The Morgan fingerprint density at radius 2 is 1.91 bits per heavy atom. The average molecular weight is 328 g/mol. The summed E-state index contributed by atoms with van der Waals surface area (Å²) >= 11 is 0. The second kappa shape index (κ2) is 7.02. The molecule has 126 valence electrons. The number of halogens is 3. The molecule has 2 amide bonds. The van der Waals surface area contributed by atoms with Crippen molar-refractivity contribution in [1.29, 1.82) is 0 Å². The van der Waals surface area contributed by atoms with Crippen LogP contribution in [0.15, 0.2) is 24.3 Å². The molecule has 4 nitrogen and oxygen atoms in total. The van der Waals surface area contributed by atoms with Gasteiger partial charge in [0.05, 0.1) is 5.92 Å². The second-order valence-corrected chi connectivity index (χ2v) is 5.63. The minimum absolute atomic E-state index is 0.0350. The molecular formula is C16H19F3N2O2. The summed E-state index contributed by atoms with van der Waals surface area (Å²) in [6.45, 7) is 1.85. The predicted molar refractivity (Wildman–Crippen MR) is 79.8 cm³/mol. The van der Waals surface area contributed by atoms with Crippen molar-refractivity contribution in [1.82, 2.24) is 4.90 Å². The van der Waals surface area contributed by atoms with E-state index in [1.54, 1.807) is 12.1 Å². The van der Waals surface area contributed by atoms with Gasteiger partial charge in [0, 0.05) is 18.8 Å². The molecule has 1 saturated heterocycles. The van der Waals surface area contributed by atoms with E-state index in [0.29, 0.717) is 23.4 Å². The molecule has 7 heteroatoms. The van der Waals surface area contributed by atoms with Gasteiger partial charge in [0.25, 0.3) is 0 Å². The summed E-state index contributed by atoms with van der Waals surface area (Å²) in [6, 6.07) is 7.29. The quantitative estimate of drug-likeness (QED) is 0.927. The highest BCUT2D eigenvalue weighted by molar-refractivity contribution is 5.93. The number of aryl methyl sites for hydroxylation is 1. The van der Waals surface area contributed by atoms with Crippen molar-refractivity contribution in [2.45, 2.75) is 32.4 Å². The molecule has 0 spiro atoms. The zero-order valence-corrected chi connectivity index (χ0v) is 12.8. The first-order valence-electron chi connectivity index (χ1n) is 7.57. The van der Waals surface area contributed by atoms with Gasteiger partial charge in [0.15, 0.2) is 0 Å². The van der Waals surface area contributed by atoms with E-state index >= 15 is 0 Å². The van der Waals surface area contributed by atoms with Crippen LogP contribution in [0.5, 0.6) is 0 Å². The van der Waals surface area contributed by atoms with Gasteiger partial charge < -0.3 is 10.2 Å². The van der Waals surface area contributed by atoms with E-state index in [9.17, 15) is 22.8 Å². The van der Waals surface area contributed by atoms with Crippen molar-refractivity contribution < 1.29 is 22.8 Å². The molecule has 0 bridgehead atoms. The summed E-state index contributed by atoms with van der Waals surface area (Å²) in [5.74, 6) is -2.85. The number of likely N-dealkylation sites (tertiary alicyclic amines) is 1. The number of rotatable bonds is 3. The Balaban J connectivity index is 1.97. The molecule has 0 aliphatic carbocycles. The lowest BCUT2D eigenvalue weighted by Crippen LogP contribution is -2.48. The minimum atomic E-state index is -4.89. The monoisotopic (exact) mass is 328 g/mol. The maximum Gasteiger partial charge on any atom is 0.471 e. The van der Waals surface area contributed by atoms with Crippen LogP contribution in [0.25, 0.3) is 0 Å². The third-order valence-corrected chi connectivity index (χ3v) is 3.95. The van der Waals surface area contributed by atoms with Crippen LogP contribution in [0.3, 0.4) is 0 Å². The van der Waals surface area contributed by atoms with Crippen LogP contribution in [-0.2, 0) is 16.0 Å². The Hall–Kier alpha value is -2.05. The van der Waals surface area contributed by atoms with E-state index in [0.717, 1.165) is 12.0 Å². The highest BCUT2D eigenvalue weighted by Gasteiger charge is 2.44. The Morgan fingerprint density at radius 3 is 2.48 bits per heavy atom. The number of amides is 2.